The van der Waals surface area contributed by atoms with E-state index in [0.717, 1.165) is 12.0 Å². The maximum atomic E-state index is 14.0. The Labute approximate surface area is 196 Å². The average molecular weight is 470 g/mol. The average Bonchev–Trinajstić information content (AvgIpc) is 3.62. The summed E-state index contributed by atoms with van der Waals surface area (Å²) in [6.07, 6.45) is -0.965. The largest absolute Gasteiger partial charge is 0.467 e. The first-order chi connectivity index (χ1) is 16.5. The summed E-state index contributed by atoms with van der Waals surface area (Å²) < 4.78 is 39.2. The Kier molecular flexibility index (Phi) is 6.13. The summed E-state index contributed by atoms with van der Waals surface area (Å²) in [4.78, 5) is 27.5. The maximum absolute atomic E-state index is 14.0. The molecule has 0 saturated carbocycles. The number of ether oxygens (including phenoxy) is 7. The van der Waals surface area contributed by atoms with Crippen LogP contribution in [-0.2, 0) is 29.3 Å². The number of Topliss-reactive ketones (excluding diaryl/α,β-unsaturated/α-hetero) is 2. The molecular formula is C25H26O9. The SMILES string of the molecule is COCOc1cccc2c1C(=O)[C@@H]1O[C@]1(c1c(OCOC)cc(C)cc1C1OCCCO1)C2=O. The fourth-order valence-corrected chi connectivity index (χ4v) is 4.68. The van der Waals surface area contributed by atoms with Gasteiger partial charge >= 0.3 is 0 Å². The first-order valence-corrected chi connectivity index (χ1v) is 11.0. The Hall–Kier alpha value is -2.82. The van der Waals surface area contributed by atoms with Gasteiger partial charge in [-0.2, -0.15) is 0 Å². The zero-order valence-electron chi connectivity index (χ0n) is 19.3. The molecule has 0 amide bonds. The molecule has 0 N–H and O–H groups in total. The number of hydrogen-bond donors (Lipinski definition) is 0. The van der Waals surface area contributed by atoms with E-state index in [0.29, 0.717) is 30.1 Å². The fraction of sp³-hybridized carbons (Fsp3) is 0.440. The molecule has 2 saturated heterocycles. The van der Waals surface area contributed by atoms with Gasteiger partial charge in [-0.1, -0.05) is 18.2 Å². The lowest BCUT2D eigenvalue weighted by atomic mass is 9.75. The van der Waals surface area contributed by atoms with Crippen molar-refractivity contribution in [1.29, 1.82) is 0 Å². The summed E-state index contributed by atoms with van der Waals surface area (Å²) in [5.74, 6) is -0.0246. The third kappa shape index (κ3) is 3.60. The Morgan fingerprint density at radius 2 is 1.71 bits per heavy atom. The van der Waals surface area contributed by atoms with E-state index in [2.05, 4.69) is 0 Å². The van der Waals surface area contributed by atoms with Crippen LogP contribution < -0.4 is 9.47 Å². The van der Waals surface area contributed by atoms with Crippen molar-refractivity contribution in [2.45, 2.75) is 31.3 Å². The van der Waals surface area contributed by atoms with Gasteiger partial charge in [-0.25, -0.2) is 0 Å². The summed E-state index contributed by atoms with van der Waals surface area (Å²) >= 11 is 0. The van der Waals surface area contributed by atoms with Gasteiger partial charge in [-0.3, -0.25) is 9.59 Å². The highest BCUT2D eigenvalue weighted by molar-refractivity contribution is 6.24. The van der Waals surface area contributed by atoms with E-state index in [1.54, 1.807) is 24.3 Å². The van der Waals surface area contributed by atoms with Gasteiger partial charge in [0.05, 0.1) is 18.8 Å². The molecule has 180 valence electrons. The summed E-state index contributed by atoms with van der Waals surface area (Å²) in [6.45, 7) is 2.83. The second kappa shape index (κ2) is 9.09. The van der Waals surface area contributed by atoms with E-state index >= 15 is 0 Å². The number of carbonyl (C=O) groups is 2. The molecule has 1 aliphatic carbocycles. The summed E-state index contributed by atoms with van der Waals surface area (Å²) in [5, 5.41) is 0. The molecule has 0 bridgehead atoms. The van der Waals surface area contributed by atoms with Crippen molar-refractivity contribution in [3.05, 3.63) is 58.1 Å². The molecule has 5 rings (SSSR count). The van der Waals surface area contributed by atoms with Gasteiger partial charge in [-0.15, -0.1) is 0 Å². The number of methoxy groups -OCH3 is 2. The minimum atomic E-state index is -1.54. The second-order valence-electron chi connectivity index (χ2n) is 8.36. The quantitative estimate of drug-likeness (QED) is 0.425. The third-order valence-corrected chi connectivity index (χ3v) is 6.10. The van der Waals surface area contributed by atoms with Crippen LogP contribution in [0.1, 0.15) is 50.1 Å². The smallest absolute Gasteiger partial charge is 0.203 e. The predicted octanol–water partition coefficient (Wildman–Crippen LogP) is 3.07. The molecule has 0 radical (unpaired) electrons. The van der Waals surface area contributed by atoms with Crippen molar-refractivity contribution < 1.29 is 42.7 Å². The number of ketones is 2. The summed E-state index contributed by atoms with van der Waals surface area (Å²) in [7, 11) is 2.98. The monoisotopic (exact) mass is 470 g/mol. The Balaban J connectivity index is 1.66. The van der Waals surface area contributed by atoms with Crippen LogP contribution in [0.15, 0.2) is 30.3 Å². The molecule has 0 spiro atoms. The highest BCUT2D eigenvalue weighted by Gasteiger charge is 2.72. The van der Waals surface area contributed by atoms with Crippen molar-refractivity contribution in [2.75, 3.05) is 41.0 Å². The molecule has 2 fully saturated rings. The Morgan fingerprint density at radius 1 is 1.00 bits per heavy atom. The standard InChI is InChI=1S/C25H26O9/c1-14-10-16(24-30-8-5-9-31-24)20(18(11-14)33-13-29-3)25-22(27)15-6-4-7-17(32-12-28-2)19(15)21(26)23(25)34-25/h4,6-7,10-11,23-24H,5,8-9,12-13H2,1-3H3/t23-,25+/m0/s1. The molecule has 2 atom stereocenters. The van der Waals surface area contributed by atoms with Crippen molar-refractivity contribution in [3.8, 4) is 11.5 Å². The summed E-state index contributed by atoms with van der Waals surface area (Å²) in [6, 6.07) is 8.57. The highest BCUT2D eigenvalue weighted by Crippen LogP contribution is 2.58. The lowest BCUT2D eigenvalue weighted by Gasteiger charge is -2.30. The van der Waals surface area contributed by atoms with Crippen LogP contribution in [0.2, 0.25) is 0 Å². The number of benzene rings is 2. The molecular weight excluding hydrogens is 444 g/mol. The number of epoxide rings is 1. The second-order valence-corrected chi connectivity index (χ2v) is 8.36. The first-order valence-electron chi connectivity index (χ1n) is 11.0. The van der Waals surface area contributed by atoms with Crippen molar-refractivity contribution in [1.82, 2.24) is 0 Å². The van der Waals surface area contributed by atoms with Crippen LogP contribution in [-0.4, -0.2) is 58.7 Å². The highest BCUT2D eigenvalue weighted by atomic mass is 16.7. The fourth-order valence-electron chi connectivity index (χ4n) is 4.68. The third-order valence-electron chi connectivity index (χ3n) is 6.10. The van der Waals surface area contributed by atoms with E-state index in [4.69, 9.17) is 33.2 Å². The number of aryl methyl sites for hydroxylation is 1. The minimum Gasteiger partial charge on any atom is -0.467 e. The molecule has 9 heteroatoms. The van der Waals surface area contributed by atoms with Gasteiger partial charge in [-0.05, 0) is 31.0 Å². The van der Waals surface area contributed by atoms with Crippen molar-refractivity contribution >= 4 is 11.6 Å². The van der Waals surface area contributed by atoms with E-state index < -0.39 is 18.0 Å². The van der Waals surface area contributed by atoms with Crippen LogP contribution in [0.4, 0.5) is 0 Å². The lowest BCUT2D eigenvalue weighted by Crippen LogP contribution is -2.37. The van der Waals surface area contributed by atoms with Crippen LogP contribution in [0.25, 0.3) is 0 Å². The van der Waals surface area contributed by atoms with Gasteiger partial charge < -0.3 is 33.2 Å². The molecule has 2 aliphatic heterocycles. The van der Waals surface area contributed by atoms with Gasteiger partial charge in [0.15, 0.2) is 37.4 Å². The molecule has 3 aliphatic rings. The number of carbonyl (C=O) groups excluding carboxylic acids is 2. The molecule has 2 heterocycles. The van der Waals surface area contributed by atoms with Gasteiger partial charge in [0.2, 0.25) is 5.78 Å². The van der Waals surface area contributed by atoms with E-state index in [-0.39, 0.29) is 42.0 Å². The molecule has 9 nitrogen and oxygen atoms in total. The van der Waals surface area contributed by atoms with Gasteiger partial charge in [0, 0.05) is 30.9 Å². The zero-order valence-corrected chi connectivity index (χ0v) is 19.3. The Morgan fingerprint density at radius 3 is 2.41 bits per heavy atom. The van der Waals surface area contributed by atoms with Crippen LogP contribution >= 0.6 is 0 Å². The van der Waals surface area contributed by atoms with E-state index in [9.17, 15) is 9.59 Å². The number of rotatable bonds is 8. The topological polar surface area (TPSA) is 102 Å². The van der Waals surface area contributed by atoms with Crippen LogP contribution in [0.3, 0.4) is 0 Å². The maximum Gasteiger partial charge on any atom is 0.203 e. The van der Waals surface area contributed by atoms with Crippen molar-refractivity contribution in [2.24, 2.45) is 0 Å². The molecule has 0 unspecified atom stereocenters. The lowest BCUT2D eigenvalue weighted by molar-refractivity contribution is -0.183. The van der Waals surface area contributed by atoms with E-state index in [1.807, 2.05) is 13.0 Å². The molecule has 0 aromatic heterocycles. The molecule has 2 aromatic rings. The Bertz CT molecular complexity index is 1120. The molecule has 2 aromatic carbocycles. The van der Waals surface area contributed by atoms with Crippen molar-refractivity contribution in [3.63, 3.8) is 0 Å². The minimum absolute atomic E-state index is 0.0449. The first kappa shape index (κ1) is 22.9. The normalized spacial score (nSPS) is 23.9. The predicted molar refractivity (Wildman–Crippen MR) is 117 cm³/mol. The van der Waals surface area contributed by atoms with Gasteiger partial charge in [0.1, 0.15) is 11.5 Å². The van der Waals surface area contributed by atoms with Crippen LogP contribution in [0, 0.1) is 6.92 Å². The van der Waals surface area contributed by atoms with E-state index in [1.165, 1.54) is 14.2 Å². The molecule has 34 heavy (non-hydrogen) atoms. The van der Waals surface area contributed by atoms with Crippen LogP contribution in [0.5, 0.6) is 11.5 Å². The zero-order chi connectivity index (χ0) is 23.9. The van der Waals surface area contributed by atoms with Gasteiger partial charge in [0.25, 0.3) is 0 Å². The summed E-state index contributed by atoms with van der Waals surface area (Å²) in [5.41, 5.74) is 0.786. The number of hydrogen-bond acceptors (Lipinski definition) is 9. The number of fused-ring (bicyclic) bond motifs is 2.